The average Bonchev–Trinajstić information content (AvgIpc) is 3.10. The van der Waals surface area contributed by atoms with E-state index < -0.39 is 23.2 Å². The molecule has 1 fully saturated rings. The van der Waals surface area contributed by atoms with Gasteiger partial charge in [0.15, 0.2) is 0 Å². The first-order valence-electron chi connectivity index (χ1n) is 8.49. The summed E-state index contributed by atoms with van der Waals surface area (Å²) < 4.78 is 38.4. The van der Waals surface area contributed by atoms with E-state index in [1.54, 1.807) is 0 Å². The third-order valence-corrected chi connectivity index (χ3v) is 4.49. The molecule has 7 nitrogen and oxygen atoms in total. The molecule has 1 amide bonds. The summed E-state index contributed by atoms with van der Waals surface area (Å²) in [5.74, 6) is -0.451. The molecule has 0 saturated heterocycles. The molecule has 1 aromatic carbocycles. The van der Waals surface area contributed by atoms with Gasteiger partial charge in [-0.2, -0.15) is 23.2 Å². The van der Waals surface area contributed by atoms with Crippen LogP contribution in [0.3, 0.4) is 0 Å². The quantitative estimate of drug-likeness (QED) is 0.882. The van der Waals surface area contributed by atoms with Gasteiger partial charge in [0.1, 0.15) is 12.1 Å². The lowest BCUT2D eigenvalue weighted by Gasteiger charge is -2.31. The Labute approximate surface area is 153 Å². The van der Waals surface area contributed by atoms with E-state index in [4.69, 9.17) is 0 Å². The number of rotatable bonds is 4. The second-order valence-electron chi connectivity index (χ2n) is 6.52. The molecule has 0 atom stereocenters. The molecular formula is C17H17F3N6O. The molecule has 1 saturated carbocycles. The molecule has 0 spiro atoms. The molecule has 0 bridgehead atoms. The van der Waals surface area contributed by atoms with Crippen LogP contribution in [0.5, 0.6) is 0 Å². The first-order valence-corrected chi connectivity index (χ1v) is 8.49. The zero-order valence-corrected chi connectivity index (χ0v) is 14.3. The second-order valence-corrected chi connectivity index (χ2v) is 6.52. The van der Waals surface area contributed by atoms with Gasteiger partial charge >= 0.3 is 6.18 Å². The van der Waals surface area contributed by atoms with Crippen molar-refractivity contribution in [3.05, 3.63) is 29.8 Å². The summed E-state index contributed by atoms with van der Waals surface area (Å²) in [6, 6.07) is 6.75. The van der Waals surface area contributed by atoms with E-state index >= 15 is 0 Å². The number of nitrogens with one attached hydrogen (secondary N) is 1. The second kappa shape index (κ2) is 7.34. The predicted octanol–water partition coefficient (Wildman–Crippen LogP) is 2.70. The number of aromatic nitrogens is 4. The number of hydrogen-bond donors (Lipinski definition) is 1. The number of hydrogen-bond acceptors (Lipinski definition) is 5. The number of tetrazole rings is 1. The van der Waals surface area contributed by atoms with Crippen LogP contribution < -0.4 is 5.32 Å². The number of alkyl halides is 3. The van der Waals surface area contributed by atoms with Crippen LogP contribution in [-0.2, 0) is 17.5 Å². The number of halogens is 3. The number of nitrogens with zero attached hydrogens (tertiary/aromatic N) is 5. The summed E-state index contributed by atoms with van der Waals surface area (Å²) in [5.41, 5.74) is -1.54. The summed E-state index contributed by atoms with van der Waals surface area (Å²) in [4.78, 5) is 13.2. The van der Waals surface area contributed by atoms with Crippen molar-refractivity contribution in [2.75, 3.05) is 0 Å². The van der Waals surface area contributed by atoms with Crippen LogP contribution in [0.2, 0.25) is 0 Å². The maximum Gasteiger partial charge on any atom is 0.416 e. The van der Waals surface area contributed by atoms with Crippen LogP contribution in [0.25, 0.3) is 11.4 Å². The summed E-state index contributed by atoms with van der Waals surface area (Å²) >= 11 is 0. The lowest BCUT2D eigenvalue weighted by atomic mass is 9.83. The van der Waals surface area contributed by atoms with Crippen LogP contribution in [0.4, 0.5) is 13.2 Å². The smallest absolute Gasteiger partial charge is 0.336 e. The molecule has 0 unspecified atom stereocenters. The Bertz CT molecular complexity index is 864. The van der Waals surface area contributed by atoms with Crippen LogP contribution in [0, 0.1) is 11.3 Å². The SMILES string of the molecule is N#CC1(NC(=O)Cn2nnc(-c3cccc(C(F)(F)F)c3)n2)CCCCC1. The van der Waals surface area contributed by atoms with Gasteiger partial charge in [-0.15, -0.1) is 10.2 Å². The number of carbonyl (C=O) groups excluding carboxylic acids is 1. The monoisotopic (exact) mass is 378 g/mol. The van der Waals surface area contributed by atoms with Crippen molar-refractivity contribution in [1.29, 1.82) is 5.26 Å². The third-order valence-electron chi connectivity index (χ3n) is 4.49. The van der Waals surface area contributed by atoms with E-state index in [1.807, 2.05) is 0 Å². The van der Waals surface area contributed by atoms with Gasteiger partial charge in [-0.3, -0.25) is 4.79 Å². The highest BCUT2D eigenvalue weighted by Gasteiger charge is 2.34. The average molecular weight is 378 g/mol. The Morgan fingerprint density at radius 2 is 2.04 bits per heavy atom. The summed E-state index contributed by atoms with van der Waals surface area (Å²) in [7, 11) is 0. The van der Waals surface area contributed by atoms with E-state index in [-0.39, 0.29) is 17.9 Å². The van der Waals surface area contributed by atoms with Crippen molar-refractivity contribution in [2.24, 2.45) is 0 Å². The maximum atomic E-state index is 12.8. The number of carbonyl (C=O) groups is 1. The Balaban J connectivity index is 1.69. The van der Waals surface area contributed by atoms with Crippen LogP contribution in [0.1, 0.15) is 37.7 Å². The highest BCUT2D eigenvalue weighted by Crippen LogP contribution is 2.31. The van der Waals surface area contributed by atoms with Crippen molar-refractivity contribution in [2.45, 2.75) is 50.4 Å². The summed E-state index contributed by atoms with van der Waals surface area (Å²) in [6.07, 6.45) is -0.517. The lowest BCUT2D eigenvalue weighted by molar-refractivity contribution is -0.137. The van der Waals surface area contributed by atoms with Gasteiger partial charge in [-0.05, 0) is 30.2 Å². The molecule has 1 N–H and O–H groups in total. The van der Waals surface area contributed by atoms with Gasteiger partial charge in [-0.25, -0.2) is 0 Å². The molecule has 1 aliphatic rings. The van der Waals surface area contributed by atoms with Gasteiger partial charge in [-0.1, -0.05) is 31.4 Å². The first kappa shape index (κ1) is 18.8. The van der Waals surface area contributed by atoms with Crippen molar-refractivity contribution < 1.29 is 18.0 Å². The predicted molar refractivity (Wildman–Crippen MR) is 87.8 cm³/mol. The topological polar surface area (TPSA) is 96.5 Å². The zero-order chi connectivity index (χ0) is 19.5. The highest BCUT2D eigenvalue weighted by molar-refractivity contribution is 5.77. The van der Waals surface area contributed by atoms with Crippen molar-refractivity contribution in [3.8, 4) is 17.5 Å². The Kier molecular flexibility index (Phi) is 5.12. The fourth-order valence-electron chi connectivity index (χ4n) is 3.12. The van der Waals surface area contributed by atoms with Crippen LogP contribution in [0.15, 0.2) is 24.3 Å². The summed E-state index contributed by atoms with van der Waals surface area (Å²) in [6.45, 7) is -0.268. The van der Waals surface area contributed by atoms with Crippen molar-refractivity contribution >= 4 is 5.91 Å². The highest BCUT2D eigenvalue weighted by atomic mass is 19.4. The van der Waals surface area contributed by atoms with Crippen LogP contribution in [-0.4, -0.2) is 31.7 Å². The Morgan fingerprint density at radius 3 is 2.70 bits per heavy atom. The molecule has 1 aromatic heterocycles. The standard InChI is InChI=1S/C17H17F3N6O/c18-17(19,20)13-6-4-5-12(9-13)15-23-25-26(24-15)10-14(27)22-16(11-21)7-2-1-3-8-16/h4-6,9H,1-3,7-8,10H2,(H,22,27). The molecule has 2 aromatic rings. The van der Waals surface area contributed by atoms with Gasteiger partial charge in [0.2, 0.25) is 11.7 Å². The molecule has 0 radical (unpaired) electrons. The van der Waals surface area contributed by atoms with Gasteiger partial charge < -0.3 is 5.32 Å². The molecule has 27 heavy (non-hydrogen) atoms. The molecule has 1 aliphatic carbocycles. The lowest BCUT2D eigenvalue weighted by Crippen LogP contribution is -2.49. The first-order chi connectivity index (χ1) is 12.8. The van der Waals surface area contributed by atoms with E-state index in [1.165, 1.54) is 12.1 Å². The molecule has 3 rings (SSSR count). The minimum absolute atomic E-state index is 0.0124. The van der Waals surface area contributed by atoms with Crippen LogP contribution >= 0.6 is 0 Å². The molecule has 0 aliphatic heterocycles. The Hall–Kier alpha value is -2.96. The number of nitriles is 1. The van der Waals surface area contributed by atoms with Gasteiger partial charge in [0.25, 0.3) is 0 Å². The van der Waals surface area contributed by atoms with E-state index in [9.17, 15) is 23.2 Å². The summed E-state index contributed by atoms with van der Waals surface area (Å²) in [5, 5.41) is 23.5. The van der Waals surface area contributed by atoms with E-state index in [0.29, 0.717) is 12.8 Å². The molecular weight excluding hydrogens is 361 g/mol. The normalized spacial score (nSPS) is 16.5. The van der Waals surface area contributed by atoms with E-state index in [2.05, 4.69) is 26.8 Å². The molecule has 1 heterocycles. The minimum Gasteiger partial charge on any atom is -0.336 e. The fourth-order valence-corrected chi connectivity index (χ4v) is 3.12. The molecule has 10 heteroatoms. The van der Waals surface area contributed by atoms with Gasteiger partial charge in [0.05, 0.1) is 11.6 Å². The van der Waals surface area contributed by atoms with Gasteiger partial charge in [0, 0.05) is 5.56 Å². The minimum atomic E-state index is -4.47. The maximum absolute atomic E-state index is 12.8. The Morgan fingerprint density at radius 1 is 1.30 bits per heavy atom. The number of amides is 1. The van der Waals surface area contributed by atoms with E-state index in [0.717, 1.165) is 36.2 Å². The largest absolute Gasteiger partial charge is 0.416 e. The van der Waals surface area contributed by atoms with Crippen molar-refractivity contribution in [1.82, 2.24) is 25.5 Å². The van der Waals surface area contributed by atoms with Crippen molar-refractivity contribution in [3.63, 3.8) is 0 Å². The zero-order valence-electron chi connectivity index (χ0n) is 14.3. The molecule has 142 valence electrons. The third kappa shape index (κ3) is 4.42. The fraction of sp³-hybridized carbons (Fsp3) is 0.471. The number of benzene rings is 1.